The summed E-state index contributed by atoms with van der Waals surface area (Å²) in [6.07, 6.45) is 6.59. The van der Waals surface area contributed by atoms with Crippen LogP contribution in [-0.2, 0) is 0 Å². The number of hydrogen-bond acceptors (Lipinski definition) is 3. The summed E-state index contributed by atoms with van der Waals surface area (Å²) in [6, 6.07) is 4.88. The van der Waals surface area contributed by atoms with Crippen LogP contribution in [0.4, 0.5) is 5.69 Å². The zero-order chi connectivity index (χ0) is 12.7. The monoisotopic (exact) mass is 244 g/mol. The van der Waals surface area contributed by atoms with Gasteiger partial charge in [-0.3, -0.25) is 4.90 Å². The first kappa shape index (κ1) is 11.5. The van der Waals surface area contributed by atoms with Crippen molar-refractivity contribution in [2.45, 2.75) is 38.8 Å². The molecule has 4 heteroatoms. The molecule has 18 heavy (non-hydrogen) atoms. The quantitative estimate of drug-likeness (QED) is 0.882. The zero-order valence-electron chi connectivity index (χ0n) is 11.0. The Balaban J connectivity index is 2.01. The van der Waals surface area contributed by atoms with Crippen LogP contribution in [0.25, 0.3) is 5.65 Å². The number of nitrogens with two attached hydrogens (primary N) is 1. The Morgan fingerprint density at radius 3 is 3.00 bits per heavy atom. The number of rotatable bonds is 2. The van der Waals surface area contributed by atoms with Gasteiger partial charge in [0.15, 0.2) is 5.65 Å². The number of pyridine rings is 1. The van der Waals surface area contributed by atoms with Crippen molar-refractivity contribution in [2.75, 3.05) is 12.3 Å². The van der Waals surface area contributed by atoms with E-state index in [1.165, 1.54) is 19.4 Å². The average molecular weight is 244 g/mol. The number of hydrogen-bond donors (Lipinski definition) is 1. The van der Waals surface area contributed by atoms with E-state index in [0.717, 1.165) is 17.0 Å². The Labute approximate surface area is 107 Å². The molecule has 1 saturated heterocycles. The highest BCUT2D eigenvalue weighted by atomic mass is 15.2. The topological polar surface area (TPSA) is 46.6 Å². The maximum atomic E-state index is 5.97. The van der Waals surface area contributed by atoms with E-state index in [4.69, 9.17) is 10.7 Å². The molecule has 1 fully saturated rings. The van der Waals surface area contributed by atoms with Crippen molar-refractivity contribution in [1.29, 1.82) is 0 Å². The summed E-state index contributed by atoms with van der Waals surface area (Å²) in [5.74, 6) is 0. The molecule has 4 nitrogen and oxygen atoms in total. The fraction of sp³-hybridized carbons (Fsp3) is 0.500. The molecule has 1 aliphatic heterocycles. The Hall–Kier alpha value is -1.55. The van der Waals surface area contributed by atoms with E-state index in [1.54, 1.807) is 0 Å². The predicted molar refractivity (Wildman–Crippen MR) is 73.4 cm³/mol. The molecule has 3 heterocycles. The van der Waals surface area contributed by atoms with Crippen LogP contribution in [0.15, 0.2) is 24.5 Å². The van der Waals surface area contributed by atoms with Crippen LogP contribution in [-0.4, -0.2) is 26.9 Å². The molecule has 2 aromatic heterocycles. The van der Waals surface area contributed by atoms with Gasteiger partial charge < -0.3 is 10.1 Å². The van der Waals surface area contributed by atoms with Gasteiger partial charge in [-0.05, 0) is 45.4 Å². The number of aromatic nitrogens is 2. The summed E-state index contributed by atoms with van der Waals surface area (Å²) in [6.45, 7) is 5.68. The lowest BCUT2D eigenvalue weighted by atomic mass is 10.1. The number of nitrogen functional groups attached to an aromatic ring is 1. The minimum Gasteiger partial charge on any atom is -0.396 e. The van der Waals surface area contributed by atoms with Crippen molar-refractivity contribution >= 4 is 11.3 Å². The van der Waals surface area contributed by atoms with E-state index >= 15 is 0 Å². The molecule has 0 saturated carbocycles. The normalized spacial score (nSPS) is 21.2. The Kier molecular flexibility index (Phi) is 2.74. The van der Waals surface area contributed by atoms with Crippen LogP contribution in [0.5, 0.6) is 0 Å². The van der Waals surface area contributed by atoms with Crippen LogP contribution >= 0.6 is 0 Å². The van der Waals surface area contributed by atoms with Crippen molar-refractivity contribution in [3.63, 3.8) is 0 Å². The first-order valence-corrected chi connectivity index (χ1v) is 6.65. The number of likely N-dealkylation sites (tertiary alicyclic amines) is 1. The molecule has 0 amide bonds. The minimum atomic E-state index is 0.448. The van der Waals surface area contributed by atoms with Gasteiger partial charge in [-0.25, -0.2) is 4.98 Å². The third kappa shape index (κ3) is 1.77. The summed E-state index contributed by atoms with van der Waals surface area (Å²) in [5.41, 5.74) is 8.74. The van der Waals surface area contributed by atoms with Crippen LogP contribution in [0.1, 0.15) is 38.4 Å². The number of nitrogens with zero attached hydrogens (tertiary/aromatic N) is 3. The number of imidazole rings is 1. The standard InChI is InChI=1S/C14H20N4/c1-10(2)18-8-4-6-13(18)12-9-17-7-3-5-11(15)14(17)16-12/h3,5,7,9-10,13H,4,6,8,15H2,1-2H3. The lowest BCUT2D eigenvalue weighted by molar-refractivity contribution is 0.202. The van der Waals surface area contributed by atoms with Gasteiger partial charge in [-0.2, -0.15) is 0 Å². The van der Waals surface area contributed by atoms with E-state index < -0.39 is 0 Å². The Morgan fingerprint density at radius 1 is 1.44 bits per heavy atom. The highest BCUT2D eigenvalue weighted by molar-refractivity contribution is 5.64. The van der Waals surface area contributed by atoms with Crippen molar-refractivity contribution in [3.8, 4) is 0 Å². The smallest absolute Gasteiger partial charge is 0.160 e. The highest BCUT2D eigenvalue weighted by Crippen LogP contribution is 2.33. The summed E-state index contributed by atoms with van der Waals surface area (Å²) >= 11 is 0. The highest BCUT2D eigenvalue weighted by Gasteiger charge is 2.29. The van der Waals surface area contributed by atoms with Crippen LogP contribution in [0, 0.1) is 0 Å². The largest absolute Gasteiger partial charge is 0.396 e. The van der Waals surface area contributed by atoms with Crippen LogP contribution < -0.4 is 5.73 Å². The molecule has 2 N–H and O–H groups in total. The molecule has 0 spiro atoms. The third-order valence-corrected chi connectivity index (χ3v) is 3.83. The van der Waals surface area contributed by atoms with E-state index in [0.29, 0.717) is 12.1 Å². The summed E-state index contributed by atoms with van der Waals surface area (Å²) in [4.78, 5) is 7.25. The van der Waals surface area contributed by atoms with Crippen molar-refractivity contribution < 1.29 is 0 Å². The van der Waals surface area contributed by atoms with Crippen LogP contribution in [0.3, 0.4) is 0 Å². The minimum absolute atomic E-state index is 0.448. The molecule has 2 aromatic rings. The molecule has 0 radical (unpaired) electrons. The first-order chi connectivity index (χ1) is 8.66. The number of fused-ring (bicyclic) bond motifs is 1. The van der Waals surface area contributed by atoms with Gasteiger partial charge in [-0.1, -0.05) is 0 Å². The summed E-state index contributed by atoms with van der Waals surface area (Å²) in [7, 11) is 0. The fourth-order valence-corrected chi connectivity index (χ4v) is 2.94. The lowest BCUT2D eigenvalue weighted by Crippen LogP contribution is -2.30. The van der Waals surface area contributed by atoms with Crippen molar-refractivity contribution in [2.24, 2.45) is 0 Å². The van der Waals surface area contributed by atoms with Crippen LogP contribution in [0.2, 0.25) is 0 Å². The van der Waals surface area contributed by atoms with Gasteiger partial charge in [0.2, 0.25) is 0 Å². The molecular weight excluding hydrogens is 224 g/mol. The molecule has 1 unspecified atom stereocenters. The van der Waals surface area contributed by atoms with Gasteiger partial charge in [0.25, 0.3) is 0 Å². The molecule has 0 aromatic carbocycles. The van der Waals surface area contributed by atoms with Crippen molar-refractivity contribution in [3.05, 3.63) is 30.2 Å². The van der Waals surface area contributed by atoms with Crippen molar-refractivity contribution in [1.82, 2.24) is 14.3 Å². The third-order valence-electron chi connectivity index (χ3n) is 3.83. The molecule has 1 aliphatic rings. The maximum absolute atomic E-state index is 5.97. The van der Waals surface area contributed by atoms with Gasteiger partial charge in [0, 0.05) is 18.4 Å². The van der Waals surface area contributed by atoms with E-state index in [-0.39, 0.29) is 0 Å². The SMILES string of the molecule is CC(C)N1CCCC1c1cn2cccc(N)c2n1. The van der Waals surface area contributed by atoms with Gasteiger partial charge in [-0.15, -0.1) is 0 Å². The van der Waals surface area contributed by atoms with Gasteiger partial charge in [0.1, 0.15) is 0 Å². The molecule has 0 aliphatic carbocycles. The van der Waals surface area contributed by atoms with E-state index in [9.17, 15) is 0 Å². The van der Waals surface area contributed by atoms with E-state index in [1.807, 2.05) is 22.7 Å². The molecule has 0 bridgehead atoms. The first-order valence-electron chi connectivity index (χ1n) is 6.65. The number of anilines is 1. The lowest BCUT2D eigenvalue weighted by Gasteiger charge is -2.26. The molecule has 3 rings (SSSR count). The maximum Gasteiger partial charge on any atom is 0.160 e. The Morgan fingerprint density at radius 2 is 2.28 bits per heavy atom. The summed E-state index contributed by atoms with van der Waals surface area (Å²) in [5, 5.41) is 0. The molecule has 1 atom stereocenters. The summed E-state index contributed by atoms with van der Waals surface area (Å²) < 4.78 is 2.03. The Bertz CT molecular complexity index is 558. The fourth-order valence-electron chi connectivity index (χ4n) is 2.94. The second kappa shape index (κ2) is 4.28. The predicted octanol–water partition coefficient (Wildman–Crippen LogP) is 2.46. The van der Waals surface area contributed by atoms with Gasteiger partial charge >= 0.3 is 0 Å². The van der Waals surface area contributed by atoms with E-state index in [2.05, 4.69) is 24.9 Å². The zero-order valence-corrected chi connectivity index (χ0v) is 11.0. The second-order valence-electron chi connectivity index (χ2n) is 5.35. The average Bonchev–Trinajstić information content (AvgIpc) is 2.95. The molecular formula is C14H20N4. The van der Waals surface area contributed by atoms with Gasteiger partial charge in [0.05, 0.1) is 17.4 Å². The molecule has 96 valence electrons. The second-order valence-corrected chi connectivity index (χ2v) is 5.35.